The monoisotopic (exact) mass is 349 g/mol. The summed E-state index contributed by atoms with van der Waals surface area (Å²) < 4.78 is 0. The molecule has 2 fully saturated rings. The van der Waals surface area contributed by atoms with E-state index in [2.05, 4.69) is 38.9 Å². The lowest BCUT2D eigenvalue weighted by molar-refractivity contribution is 0.214. The Hall–Kier alpha value is -1.46. The van der Waals surface area contributed by atoms with E-state index in [4.69, 9.17) is 17.3 Å². The van der Waals surface area contributed by atoms with Crippen molar-refractivity contribution >= 4 is 23.2 Å². The number of benzene rings is 1. The van der Waals surface area contributed by atoms with Gasteiger partial charge in [-0.15, -0.1) is 0 Å². The lowest BCUT2D eigenvalue weighted by atomic mass is 9.99. The Labute approximate surface area is 150 Å². The molecule has 132 valence electrons. The molecule has 5 nitrogen and oxygen atoms in total. The van der Waals surface area contributed by atoms with Crippen LogP contribution in [0.4, 0.5) is 5.69 Å². The SMILES string of the molecule is CN1CCCC(CN=C(N)N2CCN(c3ccc(Cl)cc3)CC2)C1. The van der Waals surface area contributed by atoms with Crippen molar-refractivity contribution in [2.24, 2.45) is 16.6 Å². The Morgan fingerprint density at radius 1 is 1.17 bits per heavy atom. The molecule has 3 rings (SSSR count). The highest BCUT2D eigenvalue weighted by molar-refractivity contribution is 6.30. The summed E-state index contributed by atoms with van der Waals surface area (Å²) in [7, 11) is 2.19. The summed E-state index contributed by atoms with van der Waals surface area (Å²) >= 11 is 5.96. The standard InChI is InChI=1S/C18H28ClN5/c1-22-8-2-3-15(14-22)13-21-18(20)24-11-9-23(10-12-24)17-6-4-16(19)5-7-17/h4-7,15H,2-3,8-14H2,1H3,(H2,20,21). The summed E-state index contributed by atoms with van der Waals surface area (Å²) in [6, 6.07) is 8.05. The smallest absolute Gasteiger partial charge is 0.191 e. The maximum absolute atomic E-state index is 6.23. The molecule has 2 aliphatic heterocycles. The molecule has 2 heterocycles. The Kier molecular flexibility index (Phi) is 5.85. The molecule has 2 saturated heterocycles. The second-order valence-corrected chi connectivity index (χ2v) is 7.36. The van der Waals surface area contributed by atoms with E-state index < -0.39 is 0 Å². The van der Waals surface area contributed by atoms with Gasteiger partial charge >= 0.3 is 0 Å². The topological polar surface area (TPSA) is 48.1 Å². The van der Waals surface area contributed by atoms with Crippen molar-refractivity contribution in [3.8, 4) is 0 Å². The fourth-order valence-electron chi connectivity index (χ4n) is 3.59. The van der Waals surface area contributed by atoms with E-state index in [1.807, 2.05) is 12.1 Å². The van der Waals surface area contributed by atoms with Gasteiger partial charge in [0, 0.05) is 50.0 Å². The van der Waals surface area contributed by atoms with Crippen LogP contribution >= 0.6 is 11.6 Å². The minimum Gasteiger partial charge on any atom is -0.370 e. The number of nitrogens with zero attached hydrogens (tertiary/aromatic N) is 4. The quantitative estimate of drug-likeness (QED) is 0.670. The van der Waals surface area contributed by atoms with Gasteiger partial charge in [-0.3, -0.25) is 4.99 Å². The molecule has 0 spiro atoms. The number of anilines is 1. The summed E-state index contributed by atoms with van der Waals surface area (Å²) in [5, 5.41) is 0.780. The third kappa shape index (κ3) is 4.54. The third-order valence-corrected chi connectivity index (χ3v) is 5.28. The van der Waals surface area contributed by atoms with Gasteiger partial charge in [0.05, 0.1) is 0 Å². The predicted octanol–water partition coefficient (Wildman–Crippen LogP) is 2.12. The van der Waals surface area contributed by atoms with Gasteiger partial charge in [-0.25, -0.2) is 0 Å². The molecular weight excluding hydrogens is 322 g/mol. The highest BCUT2D eigenvalue weighted by Crippen LogP contribution is 2.19. The maximum atomic E-state index is 6.23. The fourth-order valence-corrected chi connectivity index (χ4v) is 3.72. The van der Waals surface area contributed by atoms with Crippen LogP contribution < -0.4 is 10.6 Å². The number of guanidine groups is 1. The van der Waals surface area contributed by atoms with Gasteiger partial charge in [0.1, 0.15) is 0 Å². The van der Waals surface area contributed by atoms with Crippen LogP contribution in [0.25, 0.3) is 0 Å². The molecule has 1 aromatic carbocycles. The van der Waals surface area contributed by atoms with Crippen molar-refractivity contribution in [3.05, 3.63) is 29.3 Å². The Balaban J connectivity index is 1.48. The first-order valence-electron chi connectivity index (χ1n) is 8.86. The number of rotatable bonds is 3. The summed E-state index contributed by atoms with van der Waals surface area (Å²) in [4.78, 5) is 11.6. The first kappa shape index (κ1) is 17.4. The van der Waals surface area contributed by atoms with E-state index in [9.17, 15) is 0 Å². The third-order valence-electron chi connectivity index (χ3n) is 5.03. The molecule has 1 aromatic rings. The van der Waals surface area contributed by atoms with Crippen LogP contribution in [0.5, 0.6) is 0 Å². The molecule has 0 bridgehead atoms. The highest BCUT2D eigenvalue weighted by atomic mass is 35.5. The Morgan fingerprint density at radius 2 is 1.88 bits per heavy atom. The van der Waals surface area contributed by atoms with Crippen LogP contribution in [0.2, 0.25) is 5.02 Å². The van der Waals surface area contributed by atoms with Crippen molar-refractivity contribution in [2.75, 3.05) is 57.8 Å². The second kappa shape index (κ2) is 8.08. The predicted molar refractivity (Wildman–Crippen MR) is 102 cm³/mol. The maximum Gasteiger partial charge on any atom is 0.191 e. The number of aliphatic imine (C=N–C) groups is 1. The zero-order valence-electron chi connectivity index (χ0n) is 14.5. The molecular formula is C18H28ClN5. The zero-order chi connectivity index (χ0) is 16.9. The molecule has 0 saturated carbocycles. The number of piperidine rings is 1. The van der Waals surface area contributed by atoms with Gasteiger partial charge < -0.3 is 20.4 Å². The first-order chi connectivity index (χ1) is 11.6. The van der Waals surface area contributed by atoms with Crippen molar-refractivity contribution in [3.63, 3.8) is 0 Å². The number of nitrogens with two attached hydrogens (primary N) is 1. The Morgan fingerprint density at radius 3 is 2.54 bits per heavy atom. The number of likely N-dealkylation sites (tertiary alicyclic amines) is 1. The van der Waals surface area contributed by atoms with Crippen molar-refractivity contribution in [2.45, 2.75) is 12.8 Å². The molecule has 1 atom stereocenters. The lowest BCUT2D eigenvalue weighted by Crippen LogP contribution is -2.51. The van der Waals surface area contributed by atoms with E-state index in [-0.39, 0.29) is 0 Å². The number of hydrogen-bond donors (Lipinski definition) is 1. The molecule has 1 unspecified atom stereocenters. The minimum absolute atomic E-state index is 0.651. The van der Waals surface area contributed by atoms with Crippen molar-refractivity contribution in [1.29, 1.82) is 0 Å². The van der Waals surface area contributed by atoms with E-state index in [1.54, 1.807) is 0 Å². The van der Waals surface area contributed by atoms with Crippen LogP contribution in [0, 0.1) is 5.92 Å². The summed E-state index contributed by atoms with van der Waals surface area (Å²) in [5.74, 6) is 1.36. The largest absolute Gasteiger partial charge is 0.370 e. The van der Waals surface area contributed by atoms with Crippen LogP contribution in [0.3, 0.4) is 0 Å². The van der Waals surface area contributed by atoms with Gasteiger partial charge in [-0.05, 0) is 56.6 Å². The number of halogens is 1. The molecule has 0 radical (unpaired) electrons. The van der Waals surface area contributed by atoms with Crippen LogP contribution in [0.1, 0.15) is 12.8 Å². The van der Waals surface area contributed by atoms with E-state index in [1.165, 1.54) is 25.1 Å². The average Bonchev–Trinajstić information content (AvgIpc) is 2.61. The minimum atomic E-state index is 0.651. The molecule has 0 amide bonds. The van der Waals surface area contributed by atoms with Gasteiger partial charge in [0.25, 0.3) is 0 Å². The van der Waals surface area contributed by atoms with Crippen LogP contribution in [-0.4, -0.2) is 68.6 Å². The van der Waals surface area contributed by atoms with Crippen molar-refractivity contribution in [1.82, 2.24) is 9.80 Å². The van der Waals surface area contributed by atoms with E-state index in [0.29, 0.717) is 11.9 Å². The van der Waals surface area contributed by atoms with Crippen LogP contribution in [-0.2, 0) is 0 Å². The summed E-state index contributed by atoms with van der Waals surface area (Å²) in [5.41, 5.74) is 7.45. The second-order valence-electron chi connectivity index (χ2n) is 6.92. The molecule has 6 heteroatoms. The highest BCUT2D eigenvalue weighted by Gasteiger charge is 2.20. The van der Waals surface area contributed by atoms with Gasteiger partial charge in [0.15, 0.2) is 5.96 Å². The molecule has 24 heavy (non-hydrogen) atoms. The van der Waals surface area contributed by atoms with Gasteiger partial charge in [0.2, 0.25) is 0 Å². The van der Waals surface area contributed by atoms with Crippen LogP contribution in [0.15, 0.2) is 29.3 Å². The average molecular weight is 350 g/mol. The normalized spacial score (nSPS) is 23.6. The summed E-state index contributed by atoms with van der Waals surface area (Å²) in [6.45, 7) is 6.97. The van der Waals surface area contributed by atoms with Gasteiger partial charge in [-0.1, -0.05) is 11.6 Å². The first-order valence-corrected chi connectivity index (χ1v) is 9.23. The van der Waals surface area contributed by atoms with E-state index in [0.717, 1.165) is 44.3 Å². The fraction of sp³-hybridized carbons (Fsp3) is 0.611. The number of piperazine rings is 1. The van der Waals surface area contributed by atoms with E-state index >= 15 is 0 Å². The van der Waals surface area contributed by atoms with Crippen molar-refractivity contribution < 1.29 is 0 Å². The zero-order valence-corrected chi connectivity index (χ0v) is 15.3. The molecule has 2 N–H and O–H groups in total. The molecule has 0 aliphatic carbocycles. The lowest BCUT2D eigenvalue weighted by Gasteiger charge is -2.37. The molecule has 2 aliphatic rings. The Bertz CT molecular complexity index is 551. The molecule has 0 aromatic heterocycles. The van der Waals surface area contributed by atoms with Gasteiger partial charge in [-0.2, -0.15) is 0 Å². The number of hydrogen-bond acceptors (Lipinski definition) is 3. The summed E-state index contributed by atoms with van der Waals surface area (Å²) in [6.07, 6.45) is 2.54.